The van der Waals surface area contributed by atoms with Crippen LogP contribution in [0.2, 0.25) is 0 Å². The highest BCUT2D eigenvalue weighted by atomic mass is 28.3. The van der Waals surface area contributed by atoms with Crippen molar-refractivity contribution < 1.29 is 0 Å². The molecule has 12 aromatic carbocycles. The quantitative estimate of drug-likeness (QED) is 0.0955. The molecule has 352 valence electrons. The maximum Gasteiger partial charge on any atom is 0.179 e. The van der Waals surface area contributed by atoms with Crippen LogP contribution in [0.5, 0.6) is 0 Å². The number of nitrogens with zero attached hydrogens (tertiary/aromatic N) is 2. The van der Waals surface area contributed by atoms with Crippen molar-refractivity contribution >= 4 is 72.4 Å². The standard InChI is InChI=1S/C72H50N2Si/c1-5-19-51(20-6-1)52-39-43-59(44-40-52)73-69-33-15-13-31-65(69)67-49-57(41-45-71(67)73)53-35-37-54(38-36-53)58-42-46-72-68(50-58)66-32-14-16-34-70(66)74(72)60-23-17-21-55(47-60)56-22-18-30-64(48-56)75(61-24-7-2-8-25-61,62-26-9-3-10-27-62)63-28-11-4-12-29-63/h1-50H. The first-order valence-corrected chi connectivity index (χ1v) is 27.9. The van der Waals surface area contributed by atoms with E-state index in [1.54, 1.807) is 0 Å². The molecule has 0 saturated heterocycles. The maximum absolute atomic E-state index is 2.70. The number of aromatic nitrogens is 2. The summed E-state index contributed by atoms with van der Waals surface area (Å²) in [5, 5.41) is 10.4. The Morgan fingerprint density at radius 3 is 1.04 bits per heavy atom. The highest BCUT2D eigenvalue weighted by molar-refractivity contribution is 7.19. The van der Waals surface area contributed by atoms with Gasteiger partial charge in [0.2, 0.25) is 0 Å². The molecule has 2 nitrogen and oxygen atoms in total. The first kappa shape index (κ1) is 44.2. The van der Waals surface area contributed by atoms with E-state index >= 15 is 0 Å². The first-order valence-electron chi connectivity index (χ1n) is 25.9. The van der Waals surface area contributed by atoms with Gasteiger partial charge in [0.25, 0.3) is 0 Å². The van der Waals surface area contributed by atoms with Crippen LogP contribution in [0.25, 0.3) is 99.5 Å². The van der Waals surface area contributed by atoms with E-state index in [1.165, 1.54) is 109 Å². The monoisotopic (exact) mass is 970 g/mol. The van der Waals surface area contributed by atoms with Crippen LogP contribution in [-0.4, -0.2) is 17.2 Å². The zero-order valence-electron chi connectivity index (χ0n) is 41.3. The molecule has 0 atom stereocenters. The van der Waals surface area contributed by atoms with Gasteiger partial charge in [0.05, 0.1) is 22.1 Å². The van der Waals surface area contributed by atoms with E-state index in [0.29, 0.717) is 0 Å². The molecule has 14 rings (SSSR count). The minimum atomic E-state index is -2.70. The Hall–Kier alpha value is -9.54. The van der Waals surface area contributed by atoms with Gasteiger partial charge in [-0.2, -0.15) is 0 Å². The van der Waals surface area contributed by atoms with Gasteiger partial charge in [-0.25, -0.2) is 0 Å². The van der Waals surface area contributed by atoms with Crippen molar-refractivity contribution in [1.82, 2.24) is 9.13 Å². The summed E-state index contributed by atoms with van der Waals surface area (Å²) in [4.78, 5) is 0. The maximum atomic E-state index is 2.46. The zero-order chi connectivity index (χ0) is 49.7. The number of benzene rings is 12. The molecule has 14 aromatic rings. The van der Waals surface area contributed by atoms with Crippen molar-refractivity contribution in [3.63, 3.8) is 0 Å². The molecule has 0 amide bonds. The van der Waals surface area contributed by atoms with Crippen LogP contribution in [0, 0.1) is 0 Å². The molecule has 0 bridgehead atoms. The van der Waals surface area contributed by atoms with Crippen molar-refractivity contribution in [3.05, 3.63) is 303 Å². The predicted octanol–water partition coefficient (Wildman–Crippen LogP) is 15.9. The molecule has 0 aliphatic carbocycles. The van der Waals surface area contributed by atoms with Crippen LogP contribution < -0.4 is 20.7 Å². The minimum Gasteiger partial charge on any atom is -0.309 e. The van der Waals surface area contributed by atoms with Gasteiger partial charge in [0.15, 0.2) is 8.07 Å². The van der Waals surface area contributed by atoms with Gasteiger partial charge in [0.1, 0.15) is 0 Å². The van der Waals surface area contributed by atoms with Crippen LogP contribution in [0.1, 0.15) is 0 Å². The van der Waals surface area contributed by atoms with Gasteiger partial charge in [0, 0.05) is 32.9 Å². The summed E-state index contributed by atoms with van der Waals surface area (Å²) in [5.41, 5.74) is 16.7. The first-order chi connectivity index (χ1) is 37.2. The molecule has 3 heteroatoms. The van der Waals surface area contributed by atoms with E-state index in [0.717, 1.165) is 11.4 Å². The highest BCUT2D eigenvalue weighted by Gasteiger charge is 2.41. The largest absolute Gasteiger partial charge is 0.309 e. The van der Waals surface area contributed by atoms with Gasteiger partial charge < -0.3 is 9.13 Å². The predicted molar refractivity (Wildman–Crippen MR) is 320 cm³/mol. The topological polar surface area (TPSA) is 9.86 Å². The number of fused-ring (bicyclic) bond motifs is 6. The summed E-state index contributed by atoms with van der Waals surface area (Å²) in [6.07, 6.45) is 0. The Labute approximate surface area is 438 Å². The molecule has 0 aliphatic rings. The molecule has 0 saturated carbocycles. The van der Waals surface area contributed by atoms with Gasteiger partial charge in [-0.1, -0.05) is 243 Å². The van der Waals surface area contributed by atoms with Crippen LogP contribution >= 0.6 is 0 Å². The number of hydrogen-bond donors (Lipinski definition) is 0. The van der Waals surface area contributed by atoms with Crippen molar-refractivity contribution in [2.45, 2.75) is 0 Å². The van der Waals surface area contributed by atoms with E-state index < -0.39 is 8.07 Å². The summed E-state index contributed by atoms with van der Waals surface area (Å²) in [7, 11) is -2.70. The summed E-state index contributed by atoms with van der Waals surface area (Å²) in [6, 6.07) is 112. The van der Waals surface area contributed by atoms with Crippen molar-refractivity contribution in [3.8, 4) is 55.9 Å². The van der Waals surface area contributed by atoms with Gasteiger partial charge in [-0.05, 0) is 126 Å². The zero-order valence-corrected chi connectivity index (χ0v) is 42.3. The molecule has 0 unspecified atom stereocenters. The second kappa shape index (κ2) is 18.5. The lowest BCUT2D eigenvalue weighted by molar-refractivity contribution is 1.18. The highest BCUT2D eigenvalue weighted by Crippen LogP contribution is 2.39. The van der Waals surface area contributed by atoms with Crippen LogP contribution in [0.4, 0.5) is 0 Å². The summed E-state index contributed by atoms with van der Waals surface area (Å²) in [5.74, 6) is 0. The van der Waals surface area contributed by atoms with Crippen LogP contribution in [0.3, 0.4) is 0 Å². The Morgan fingerprint density at radius 2 is 0.520 bits per heavy atom. The minimum absolute atomic E-state index is 1.14. The van der Waals surface area contributed by atoms with E-state index in [1.807, 2.05) is 0 Å². The van der Waals surface area contributed by atoms with E-state index in [9.17, 15) is 0 Å². The fraction of sp³-hybridized carbons (Fsp3) is 0. The average Bonchev–Trinajstić information content (AvgIpc) is 4.04. The Kier molecular flexibility index (Phi) is 10.9. The molecule has 0 spiro atoms. The van der Waals surface area contributed by atoms with Crippen molar-refractivity contribution in [1.29, 1.82) is 0 Å². The molecule has 2 aromatic heterocycles. The third-order valence-corrected chi connectivity index (χ3v) is 20.3. The molecule has 0 fully saturated rings. The lowest BCUT2D eigenvalue weighted by Crippen LogP contribution is -2.74. The number of rotatable bonds is 10. The fourth-order valence-corrected chi connectivity index (χ4v) is 16.8. The Bertz CT molecular complexity index is 4270. The summed E-state index contributed by atoms with van der Waals surface area (Å²) >= 11 is 0. The molecule has 75 heavy (non-hydrogen) atoms. The van der Waals surface area contributed by atoms with E-state index in [4.69, 9.17) is 0 Å². The third kappa shape index (κ3) is 7.55. The van der Waals surface area contributed by atoms with E-state index in [2.05, 4.69) is 312 Å². The van der Waals surface area contributed by atoms with Crippen LogP contribution in [0.15, 0.2) is 303 Å². The second-order valence-electron chi connectivity index (χ2n) is 19.6. The molecule has 2 heterocycles. The molecule has 0 radical (unpaired) electrons. The van der Waals surface area contributed by atoms with E-state index in [-0.39, 0.29) is 0 Å². The molecule has 0 N–H and O–H groups in total. The third-order valence-electron chi connectivity index (χ3n) is 15.5. The Balaban J connectivity index is 0.805. The fourth-order valence-electron chi connectivity index (χ4n) is 12.0. The summed E-state index contributed by atoms with van der Waals surface area (Å²) < 4.78 is 4.83. The molecular formula is C72H50N2Si. The molecular weight excluding hydrogens is 921 g/mol. The molecule has 0 aliphatic heterocycles. The normalized spacial score (nSPS) is 11.7. The lowest BCUT2D eigenvalue weighted by atomic mass is 9.98. The van der Waals surface area contributed by atoms with Crippen LogP contribution in [-0.2, 0) is 0 Å². The van der Waals surface area contributed by atoms with Gasteiger partial charge in [-0.15, -0.1) is 0 Å². The smallest absolute Gasteiger partial charge is 0.179 e. The Morgan fingerprint density at radius 1 is 0.187 bits per heavy atom. The van der Waals surface area contributed by atoms with Crippen molar-refractivity contribution in [2.24, 2.45) is 0 Å². The van der Waals surface area contributed by atoms with Crippen molar-refractivity contribution in [2.75, 3.05) is 0 Å². The number of hydrogen-bond acceptors (Lipinski definition) is 0. The van der Waals surface area contributed by atoms with Gasteiger partial charge in [-0.3, -0.25) is 0 Å². The van der Waals surface area contributed by atoms with Gasteiger partial charge >= 0.3 is 0 Å². The lowest BCUT2D eigenvalue weighted by Gasteiger charge is -2.34. The number of para-hydroxylation sites is 2. The SMILES string of the molecule is c1ccc(-c2ccc(-n3c4ccccc4c4cc(-c5ccc(-c6ccc7c(c6)c6ccccc6n7-c6cccc(-c7cccc([Si](c8ccccc8)(c8ccccc8)c8ccccc8)c7)c6)cc5)ccc43)cc2)cc1. The second-order valence-corrected chi connectivity index (χ2v) is 23.4. The summed E-state index contributed by atoms with van der Waals surface area (Å²) in [6.45, 7) is 0. The average molecular weight is 971 g/mol.